The molecule has 4 aliphatic rings. The van der Waals surface area contributed by atoms with Gasteiger partial charge in [-0.3, -0.25) is 9.59 Å². The van der Waals surface area contributed by atoms with Crippen LogP contribution in [0.4, 0.5) is 11.6 Å². The fourth-order valence-corrected chi connectivity index (χ4v) is 7.96. The number of rotatable bonds is 3. The van der Waals surface area contributed by atoms with Crippen LogP contribution < -0.4 is 9.80 Å². The van der Waals surface area contributed by atoms with Crippen molar-refractivity contribution in [2.75, 3.05) is 9.80 Å². The van der Waals surface area contributed by atoms with Crippen LogP contribution in [0.3, 0.4) is 0 Å². The predicted octanol–water partition coefficient (Wildman–Crippen LogP) is 9.38. The minimum absolute atomic E-state index is 0.00304. The molecule has 3 aromatic rings. The Morgan fingerprint density at radius 3 is 1.48 bits per heavy atom. The number of hydrogen-bond donors (Lipinski definition) is 0. The van der Waals surface area contributed by atoms with Crippen molar-refractivity contribution in [3.05, 3.63) is 79.0 Å². The second-order valence-electron chi connectivity index (χ2n) is 11.5. The third kappa shape index (κ3) is 4.45. The van der Waals surface area contributed by atoms with Crippen molar-refractivity contribution in [1.29, 1.82) is 0 Å². The van der Waals surface area contributed by atoms with E-state index in [2.05, 4.69) is 9.80 Å². The van der Waals surface area contributed by atoms with Crippen molar-refractivity contribution in [2.45, 2.75) is 76.3 Å². The van der Waals surface area contributed by atoms with Gasteiger partial charge in [0.15, 0.2) is 23.2 Å². The molecule has 216 valence electrons. The van der Waals surface area contributed by atoms with Gasteiger partial charge in [0.05, 0.1) is 47.8 Å². The van der Waals surface area contributed by atoms with Gasteiger partial charge in [-0.05, 0) is 50.0 Å². The number of ketones is 2. The van der Waals surface area contributed by atoms with Crippen LogP contribution in [0.25, 0.3) is 11.0 Å². The molecule has 0 radical (unpaired) electrons. The minimum Gasteiger partial charge on any atom is -0.306 e. The Bertz CT molecular complexity index is 1590. The molecule has 0 unspecified atom stereocenters. The van der Waals surface area contributed by atoms with Crippen molar-refractivity contribution in [2.24, 2.45) is 0 Å². The molecule has 2 saturated carbocycles. The Morgan fingerprint density at radius 2 is 1.05 bits per heavy atom. The van der Waals surface area contributed by atoms with Gasteiger partial charge in [0, 0.05) is 12.1 Å². The number of nitrogens with zero attached hydrogens (tertiary/aromatic N) is 4. The maximum atomic E-state index is 13.6. The van der Waals surface area contributed by atoms with E-state index >= 15 is 0 Å². The average Bonchev–Trinajstić information content (AvgIpc) is 3.47. The van der Waals surface area contributed by atoms with Gasteiger partial charge >= 0.3 is 0 Å². The second kappa shape index (κ2) is 11.1. The lowest BCUT2D eigenvalue weighted by Gasteiger charge is -2.37. The molecule has 1 aromatic heterocycles. The normalized spacial score (nSPS) is 19.6. The Morgan fingerprint density at radius 1 is 0.619 bits per heavy atom. The molecule has 0 atom stereocenters. The Kier molecular flexibility index (Phi) is 7.46. The molecule has 2 heterocycles. The van der Waals surface area contributed by atoms with Gasteiger partial charge in [-0.1, -0.05) is 97.1 Å². The number of Topliss-reactive ketones (excluding diaryl/α,β-unsaturated/α-hetero) is 2. The van der Waals surface area contributed by atoms with E-state index in [9.17, 15) is 9.59 Å². The van der Waals surface area contributed by atoms with Crippen LogP contribution >= 0.6 is 46.4 Å². The summed E-state index contributed by atoms with van der Waals surface area (Å²) in [6, 6.07) is 8.42. The zero-order valence-corrected chi connectivity index (χ0v) is 25.8. The molecular formula is C32H28Cl4N4O2. The maximum absolute atomic E-state index is 13.6. The molecular weight excluding hydrogens is 614 g/mol. The Labute approximate surface area is 264 Å². The molecule has 7 rings (SSSR count). The minimum atomic E-state index is -0.511. The smallest absolute Gasteiger partial charge is 0.199 e. The standard InChI is InChI=1S/C32H28Cl4N4O2/c33-25-23-24(26(34)28(36)27(25)35)30(42)19(29(23)41)15-16-22-39(17-9-3-1-4-10-17)31-32(40(22)18-11-5-2-6-12-18)38-21-14-8-7-13-20(21)37-31/h7-8,13-18H,1-6,9-12H2. The first-order valence-electron chi connectivity index (χ1n) is 14.6. The molecule has 0 saturated heterocycles. The van der Waals surface area contributed by atoms with E-state index in [0.29, 0.717) is 0 Å². The fraction of sp³-hybridized carbons (Fsp3) is 0.375. The van der Waals surface area contributed by atoms with Gasteiger partial charge in [-0.25, -0.2) is 9.97 Å². The van der Waals surface area contributed by atoms with Gasteiger partial charge in [0.2, 0.25) is 0 Å². The van der Waals surface area contributed by atoms with Crippen LogP contribution in [0.15, 0.2) is 47.8 Å². The second-order valence-corrected chi connectivity index (χ2v) is 13.0. The van der Waals surface area contributed by atoms with Gasteiger partial charge < -0.3 is 9.80 Å². The number of benzene rings is 2. The lowest BCUT2D eigenvalue weighted by molar-refractivity contribution is 0.0989. The number of para-hydroxylation sites is 2. The topological polar surface area (TPSA) is 66.4 Å². The van der Waals surface area contributed by atoms with Crippen molar-refractivity contribution >= 4 is 80.6 Å². The van der Waals surface area contributed by atoms with E-state index in [1.54, 1.807) is 6.08 Å². The lowest BCUT2D eigenvalue weighted by atomic mass is 9.93. The molecule has 6 nitrogen and oxygen atoms in total. The summed E-state index contributed by atoms with van der Waals surface area (Å²) in [6.45, 7) is 0. The monoisotopic (exact) mass is 640 g/mol. The number of carbonyl (C=O) groups is 2. The van der Waals surface area contributed by atoms with Crippen LogP contribution in [-0.2, 0) is 0 Å². The molecule has 1 aliphatic heterocycles. The number of halogens is 4. The largest absolute Gasteiger partial charge is 0.306 e. The first kappa shape index (κ1) is 28.1. The van der Waals surface area contributed by atoms with Crippen LogP contribution in [0.2, 0.25) is 20.1 Å². The lowest BCUT2D eigenvalue weighted by Crippen LogP contribution is -2.42. The van der Waals surface area contributed by atoms with Crippen LogP contribution in [0, 0.1) is 0 Å². The summed E-state index contributed by atoms with van der Waals surface area (Å²) >= 11 is 25.3. The zero-order valence-electron chi connectivity index (χ0n) is 22.8. The van der Waals surface area contributed by atoms with Crippen LogP contribution in [-0.4, -0.2) is 33.6 Å². The summed E-state index contributed by atoms with van der Waals surface area (Å²) in [6.07, 6.45) is 14.6. The summed E-state index contributed by atoms with van der Waals surface area (Å²) in [4.78, 5) is 42.1. The number of fused-ring (bicyclic) bond motifs is 3. The van der Waals surface area contributed by atoms with Crippen molar-refractivity contribution < 1.29 is 9.59 Å². The van der Waals surface area contributed by atoms with Crippen molar-refractivity contribution in [3.63, 3.8) is 0 Å². The fourth-order valence-electron chi connectivity index (χ4n) is 6.94. The van der Waals surface area contributed by atoms with Gasteiger partial charge in [0.1, 0.15) is 5.82 Å². The van der Waals surface area contributed by atoms with Crippen LogP contribution in [0.5, 0.6) is 0 Å². The molecule has 0 N–H and O–H groups in total. The number of anilines is 2. The summed E-state index contributed by atoms with van der Waals surface area (Å²) in [5.74, 6) is 1.56. The average molecular weight is 642 g/mol. The van der Waals surface area contributed by atoms with Gasteiger partial charge in [-0.2, -0.15) is 0 Å². The molecule has 2 aromatic carbocycles. The number of carbonyl (C=O) groups excluding carboxylic acids is 2. The molecule has 2 fully saturated rings. The first-order chi connectivity index (χ1) is 20.4. The van der Waals surface area contributed by atoms with E-state index in [1.165, 1.54) is 12.8 Å². The molecule has 0 amide bonds. The highest BCUT2D eigenvalue weighted by molar-refractivity contribution is 6.57. The van der Waals surface area contributed by atoms with Crippen molar-refractivity contribution in [3.8, 4) is 0 Å². The third-order valence-electron chi connectivity index (χ3n) is 8.97. The van der Waals surface area contributed by atoms with E-state index in [1.807, 2.05) is 30.3 Å². The molecule has 42 heavy (non-hydrogen) atoms. The molecule has 0 spiro atoms. The Balaban J connectivity index is 1.40. The number of hydrogen-bond acceptors (Lipinski definition) is 6. The number of allylic oxidation sites excluding steroid dienone is 3. The van der Waals surface area contributed by atoms with E-state index in [0.717, 1.165) is 79.9 Å². The van der Waals surface area contributed by atoms with Crippen LogP contribution in [0.1, 0.15) is 84.9 Å². The zero-order chi connectivity index (χ0) is 29.1. The Hall–Kier alpha value is -2.64. The SMILES string of the molecule is O=C1C(=CC=C2N(C3CCCCC3)c3nc4ccccc4nc3N2C2CCCCC2)C(=O)c2c(Cl)c(Cl)c(Cl)c(Cl)c21. The predicted molar refractivity (Wildman–Crippen MR) is 170 cm³/mol. The summed E-state index contributed by atoms with van der Waals surface area (Å²) in [7, 11) is 0. The summed E-state index contributed by atoms with van der Waals surface area (Å²) in [5.41, 5.74) is 1.67. The van der Waals surface area contributed by atoms with E-state index in [-0.39, 0.29) is 48.9 Å². The van der Waals surface area contributed by atoms with Crippen molar-refractivity contribution in [1.82, 2.24) is 9.97 Å². The third-order valence-corrected chi connectivity index (χ3v) is 10.8. The summed E-state index contributed by atoms with van der Waals surface area (Å²) < 4.78 is 0. The highest BCUT2D eigenvalue weighted by Gasteiger charge is 2.43. The van der Waals surface area contributed by atoms with Gasteiger partial charge in [0.25, 0.3) is 0 Å². The number of aromatic nitrogens is 2. The summed E-state index contributed by atoms with van der Waals surface area (Å²) in [5, 5.41) is -0.191. The molecule has 0 bridgehead atoms. The highest BCUT2D eigenvalue weighted by atomic mass is 35.5. The molecule has 10 heteroatoms. The maximum Gasteiger partial charge on any atom is 0.199 e. The van der Waals surface area contributed by atoms with Gasteiger partial charge in [-0.15, -0.1) is 0 Å². The van der Waals surface area contributed by atoms with E-state index < -0.39 is 11.6 Å². The van der Waals surface area contributed by atoms with E-state index in [4.69, 9.17) is 56.4 Å². The highest BCUT2D eigenvalue weighted by Crippen LogP contribution is 2.48. The molecule has 3 aliphatic carbocycles. The quantitative estimate of drug-likeness (QED) is 0.123. The first-order valence-corrected chi connectivity index (χ1v) is 16.1.